The van der Waals surface area contributed by atoms with Crippen LogP contribution in [0.4, 0.5) is 13.2 Å². The maximum absolute atomic E-state index is 12.3. The Labute approximate surface area is 135 Å². The van der Waals surface area contributed by atoms with E-state index in [-0.39, 0.29) is 16.7 Å². The fourth-order valence-corrected chi connectivity index (χ4v) is 2.58. The van der Waals surface area contributed by atoms with Gasteiger partial charge >= 0.3 is 22.2 Å². The molecule has 0 radical (unpaired) electrons. The summed E-state index contributed by atoms with van der Waals surface area (Å²) in [5.41, 5.74) is -5.43. The van der Waals surface area contributed by atoms with E-state index in [4.69, 9.17) is 9.15 Å². The summed E-state index contributed by atoms with van der Waals surface area (Å²) in [7, 11) is 1.43. The molecule has 5 nitrogen and oxygen atoms in total. The van der Waals surface area contributed by atoms with Gasteiger partial charge < -0.3 is 13.3 Å². The van der Waals surface area contributed by atoms with Crippen molar-refractivity contribution in [1.82, 2.24) is 0 Å². The van der Waals surface area contributed by atoms with Gasteiger partial charge in [0.15, 0.2) is 0 Å². The largest absolute Gasteiger partial charge is 0.508 e. The van der Waals surface area contributed by atoms with Gasteiger partial charge in [0.1, 0.15) is 17.1 Å². The van der Waals surface area contributed by atoms with E-state index in [0.717, 1.165) is 6.07 Å². The third kappa shape index (κ3) is 2.94. The van der Waals surface area contributed by atoms with Crippen LogP contribution in [0, 0.1) is 0 Å². The topological polar surface area (TPSA) is 65.7 Å². The molecule has 1 aromatic heterocycles. The Hall–Kier alpha value is -2.55. The van der Waals surface area contributed by atoms with Gasteiger partial charge in [-0.3, -0.25) is 0 Å². The van der Waals surface area contributed by atoms with Gasteiger partial charge in [-0.1, -0.05) is 0 Å². The number of methoxy groups -OCH3 is 1. The van der Waals surface area contributed by atoms with Crippen LogP contribution in [0.5, 0.6) is 11.5 Å². The Morgan fingerprint density at radius 2 is 1.67 bits per heavy atom. The normalized spacial score (nSPS) is 13.2. The van der Waals surface area contributed by atoms with Gasteiger partial charge in [0.2, 0.25) is 0 Å². The minimum atomic E-state index is -4.99. The van der Waals surface area contributed by atoms with Gasteiger partial charge in [-0.05, 0) is 36.4 Å². The molecular formula is C15H9F3O5S. The van der Waals surface area contributed by atoms with E-state index in [2.05, 4.69) is 4.18 Å². The molecule has 0 saturated carbocycles. The van der Waals surface area contributed by atoms with Crippen LogP contribution in [0.25, 0.3) is 21.7 Å². The zero-order valence-corrected chi connectivity index (χ0v) is 12.9. The zero-order valence-electron chi connectivity index (χ0n) is 12.0. The van der Waals surface area contributed by atoms with E-state index in [1.54, 1.807) is 12.1 Å². The van der Waals surface area contributed by atoms with E-state index in [0.29, 0.717) is 16.5 Å². The fraction of sp³-hybridized carbons (Fsp3) is 0.133. The van der Waals surface area contributed by atoms with Gasteiger partial charge in [-0.15, -0.1) is 0 Å². The van der Waals surface area contributed by atoms with Crippen LogP contribution in [-0.2, 0) is 11.1 Å². The fourth-order valence-electron chi connectivity index (χ4n) is 2.20. The summed E-state index contributed by atoms with van der Waals surface area (Å²) in [6, 6.07) is 8.30. The van der Waals surface area contributed by atoms with Crippen LogP contribution in [0.3, 0.4) is 0 Å². The number of fused-ring (bicyclic) bond motifs is 3. The average molecular weight is 358 g/mol. The Kier molecular flexibility index (Phi) is 3.96. The van der Waals surface area contributed by atoms with E-state index in [1.165, 1.54) is 25.3 Å². The van der Waals surface area contributed by atoms with Crippen molar-refractivity contribution in [3.05, 3.63) is 46.8 Å². The summed E-state index contributed by atoms with van der Waals surface area (Å²) in [5, 5.41) is 1.00. The first-order valence-corrected chi connectivity index (χ1v) is 7.58. The molecule has 0 N–H and O–H groups in total. The highest BCUT2D eigenvalue weighted by molar-refractivity contribution is 7.81. The predicted octanol–water partition coefficient (Wildman–Crippen LogP) is 3.52. The number of rotatable bonds is 3. The number of hydrogen-bond donors (Lipinski definition) is 0. The van der Waals surface area contributed by atoms with Crippen molar-refractivity contribution in [3.8, 4) is 11.5 Å². The second-order valence-electron chi connectivity index (χ2n) is 4.72. The highest BCUT2D eigenvalue weighted by Gasteiger charge is 2.40. The number of benzene rings is 2. The smallest absolute Gasteiger partial charge is 0.497 e. The number of alkyl halides is 3. The summed E-state index contributed by atoms with van der Waals surface area (Å²) < 4.78 is 62.6. The van der Waals surface area contributed by atoms with Crippen LogP contribution in [0.15, 0.2) is 45.6 Å². The molecule has 0 bridgehead atoms. The molecule has 2 aromatic carbocycles. The lowest BCUT2D eigenvalue weighted by atomic mass is 10.1. The van der Waals surface area contributed by atoms with Crippen LogP contribution >= 0.6 is 0 Å². The first-order valence-electron chi connectivity index (χ1n) is 6.51. The summed E-state index contributed by atoms with van der Waals surface area (Å²) >= 11 is -3.49. The molecule has 0 aliphatic carbocycles. The lowest BCUT2D eigenvalue weighted by Crippen LogP contribution is -2.20. The first kappa shape index (κ1) is 16.3. The van der Waals surface area contributed by atoms with Crippen molar-refractivity contribution >= 4 is 32.8 Å². The van der Waals surface area contributed by atoms with Crippen LogP contribution in [-0.4, -0.2) is 16.8 Å². The number of hydrogen-bond acceptors (Lipinski definition) is 5. The molecular weight excluding hydrogens is 349 g/mol. The van der Waals surface area contributed by atoms with Crippen molar-refractivity contribution in [2.75, 3.05) is 7.11 Å². The van der Waals surface area contributed by atoms with Gasteiger partial charge in [0.25, 0.3) is 0 Å². The van der Waals surface area contributed by atoms with Gasteiger partial charge in [0.05, 0.1) is 12.5 Å². The van der Waals surface area contributed by atoms with E-state index < -0.39 is 22.2 Å². The Morgan fingerprint density at radius 1 is 1.00 bits per heavy atom. The summed E-state index contributed by atoms with van der Waals surface area (Å²) in [6.07, 6.45) is 0. The van der Waals surface area contributed by atoms with Crippen LogP contribution < -0.4 is 14.5 Å². The van der Waals surface area contributed by atoms with Crippen molar-refractivity contribution in [2.45, 2.75) is 5.51 Å². The molecule has 126 valence electrons. The molecule has 0 aliphatic heterocycles. The minimum absolute atomic E-state index is 0.169. The lowest BCUT2D eigenvalue weighted by Gasteiger charge is -2.09. The molecule has 1 heterocycles. The standard InChI is InChI=1S/C15H9F3O5S/c1-21-8-2-4-10-11-7-9(23-24(20)15(16,17)18)3-5-13(11)22-14(19)12(10)6-8/h2-7H,1H3. The predicted molar refractivity (Wildman–Crippen MR) is 81.4 cm³/mol. The van der Waals surface area contributed by atoms with E-state index in [1.807, 2.05) is 0 Å². The minimum Gasteiger partial charge on any atom is -0.497 e. The highest BCUT2D eigenvalue weighted by Crippen LogP contribution is 2.30. The molecule has 1 atom stereocenters. The van der Waals surface area contributed by atoms with E-state index in [9.17, 15) is 22.2 Å². The van der Waals surface area contributed by atoms with Crippen molar-refractivity contribution in [2.24, 2.45) is 0 Å². The average Bonchev–Trinajstić information content (AvgIpc) is 2.54. The maximum Gasteiger partial charge on any atom is 0.508 e. The highest BCUT2D eigenvalue weighted by atomic mass is 32.2. The molecule has 0 fully saturated rings. The second-order valence-corrected chi connectivity index (χ2v) is 5.82. The summed E-state index contributed by atoms with van der Waals surface area (Å²) in [4.78, 5) is 12.0. The zero-order chi connectivity index (χ0) is 17.5. The molecule has 3 aromatic rings. The number of ether oxygens (including phenoxy) is 1. The third-order valence-corrected chi connectivity index (χ3v) is 3.97. The molecule has 3 rings (SSSR count). The molecule has 0 spiro atoms. The summed E-state index contributed by atoms with van der Waals surface area (Å²) in [6.45, 7) is 0. The molecule has 0 saturated heterocycles. The van der Waals surface area contributed by atoms with Crippen molar-refractivity contribution in [3.63, 3.8) is 0 Å². The molecule has 1 unspecified atom stereocenters. The lowest BCUT2D eigenvalue weighted by molar-refractivity contribution is -0.0437. The maximum atomic E-state index is 12.3. The Bertz CT molecular complexity index is 1010. The third-order valence-electron chi connectivity index (χ3n) is 3.25. The first-order chi connectivity index (χ1) is 11.3. The van der Waals surface area contributed by atoms with Crippen molar-refractivity contribution in [1.29, 1.82) is 0 Å². The summed E-state index contributed by atoms with van der Waals surface area (Å²) in [5.74, 6) is 0.170. The monoisotopic (exact) mass is 358 g/mol. The Balaban J connectivity index is 2.18. The molecule has 9 heteroatoms. The molecule has 24 heavy (non-hydrogen) atoms. The Morgan fingerprint density at radius 3 is 2.33 bits per heavy atom. The van der Waals surface area contributed by atoms with Gasteiger partial charge in [-0.25, -0.2) is 9.00 Å². The van der Waals surface area contributed by atoms with Gasteiger partial charge in [-0.2, -0.15) is 13.2 Å². The SMILES string of the molecule is COc1ccc2c(c1)c(=O)oc1ccc(OS(=O)C(F)(F)F)cc12. The quantitative estimate of drug-likeness (QED) is 0.529. The van der Waals surface area contributed by atoms with E-state index >= 15 is 0 Å². The molecule has 0 amide bonds. The van der Waals surface area contributed by atoms with Gasteiger partial charge in [0, 0.05) is 10.8 Å². The number of halogens is 3. The molecule has 0 aliphatic rings. The van der Waals surface area contributed by atoms with Crippen LogP contribution in [0.1, 0.15) is 0 Å². The van der Waals surface area contributed by atoms with Crippen LogP contribution in [0.2, 0.25) is 0 Å². The van der Waals surface area contributed by atoms with Crippen molar-refractivity contribution < 1.29 is 30.7 Å². The second kappa shape index (κ2) is 5.82.